The second-order valence-corrected chi connectivity index (χ2v) is 9.18. The first-order valence-corrected chi connectivity index (χ1v) is 12.1. The lowest BCUT2D eigenvalue weighted by Crippen LogP contribution is -2.02. The maximum absolute atomic E-state index is 11.3. The minimum Gasteiger partial charge on any atom is -0.489 e. The van der Waals surface area contributed by atoms with E-state index in [1.165, 1.54) is 17.6 Å². The van der Waals surface area contributed by atoms with Crippen LogP contribution >= 0.6 is 11.3 Å². The van der Waals surface area contributed by atoms with E-state index >= 15 is 0 Å². The van der Waals surface area contributed by atoms with E-state index in [1.807, 2.05) is 48.5 Å². The molecule has 1 aromatic heterocycles. The van der Waals surface area contributed by atoms with Crippen LogP contribution in [0, 0.1) is 6.92 Å². The van der Waals surface area contributed by atoms with E-state index in [9.17, 15) is 4.79 Å². The second kappa shape index (κ2) is 11.5. The van der Waals surface area contributed by atoms with E-state index in [1.54, 1.807) is 11.3 Å². The molecule has 0 unspecified atom stereocenters. The molecule has 1 heterocycles. The van der Waals surface area contributed by atoms with Crippen LogP contribution in [0.4, 0.5) is 5.13 Å². The first-order chi connectivity index (χ1) is 16.6. The zero-order valence-corrected chi connectivity index (χ0v) is 20.2. The van der Waals surface area contributed by atoms with Crippen molar-refractivity contribution >= 4 is 22.4 Å². The summed E-state index contributed by atoms with van der Waals surface area (Å²) >= 11 is 1.67. The van der Waals surface area contributed by atoms with Gasteiger partial charge in [-0.3, -0.25) is 4.79 Å². The number of carbonyl (C=O) groups is 1. The van der Waals surface area contributed by atoms with Crippen molar-refractivity contribution < 1.29 is 14.3 Å². The molecule has 0 bridgehead atoms. The standard InChI is InChI=1S/C28H28N2O3S/c1-20-27(24-9-4-3-5-10-24)30-28(34-20)29-18-22-7-6-8-23(17-22)19-33-25-14-11-21(12-15-25)13-16-26(31)32-2/h3-12,14-15,17H,13,16,18-19H2,1-2H3,(H,29,30). The van der Waals surface area contributed by atoms with Crippen molar-refractivity contribution in [3.63, 3.8) is 0 Å². The summed E-state index contributed by atoms with van der Waals surface area (Å²) in [4.78, 5) is 17.3. The van der Waals surface area contributed by atoms with Crippen LogP contribution in [0.5, 0.6) is 5.75 Å². The molecule has 0 aliphatic heterocycles. The highest BCUT2D eigenvalue weighted by molar-refractivity contribution is 7.16. The Hall–Kier alpha value is -3.64. The highest BCUT2D eigenvalue weighted by atomic mass is 32.1. The summed E-state index contributed by atoms with van der Waals surface area (Å²) < 4.78 is 10.6. The number of carbonyl (C=O) groups excluding carboxylic acids is 1. The van der Waals surface area contributed by atoms with E-state index < -0.39 is 0 Å². The summed E-state index contributed by atoms with van der Waals surface area (Å²) in [5, 5.41) is 4.38. The molecule has 0 aliphatic carbocycles. The minimum absolute atomic E-state index is 0.198. The van der Waals surface area contributed by atoms with Crippen molar-refractivity contribution in [3.05, 3.63) is 100 Å². The fourth-order valence-electron chi connectivity index (χ4n) is 3.61. The number of esters is 1. The van der Waals surface area contributed by atoms with Crippen molar-refractivity contribution in [3.8, 4) is 17.0 Å². The van der Waals surface area contributed by atoms with Gasteiger partial charge >= 0.3 is 5.97 Å². The third-order valence-corrected chi connectivity index (χ3v) is 6.38. The monoisotopic (exact) mass is 472 g/mol. The van der Waals surface area contributed by atoms with Crippen molar-refractivity contribution in [2.75, 3.05) is 12.4 Å². The molecule has 0 aliphatic rings. The Kier molecular flexibility index (Phi) is 7.94. The molecule has 0 atom stereocenters. The fourth-order valence-corrected chi connectivity index (χ4v) is 4.44. The Bertz CT molecular complexity index is 1220. The molecular formula is C28H28N2O3S. The van der Waals surface area contributed by atoms with Crippen LogP contribution in [-0.4, -0.2) is 18.1 Å². The number of aromatic nitrogens is 1. The molecule has 0 saturated carbocycles. The number of anilines is 1. The summed E-state index contributed by atoms with van der Waals surface area (Å²) in [5.74, 6) is 0.605. The van der Waals surface area contributed by atoms with Gasteiger partial charge in [-0.2, -0.15) is 0 Å². The molecule has 0 radical (unpaired) electrons. The molecule has 4 aromatic rings. The number of thiazole rings is 1. The number of methoxy groups -OCH3 is 1. The molecule has 0 fully saturated rings. The number of benzene rings is 3. The second-order valence-electron chi connectivity index (χ2n) is 7.97. The van der Waals surface area contributed by atoms with Gasteiger partial charge in [0.25, 0.3) is 0 Å². The molecule has 5 nitrogen and oxygen atoms in total. The molecule has 4 rings (SSSR count). The summed E-state index contributed by atoms with van der Waals surface area (Å²) in [6.45, 7) is 3.29. The van der Waals surface area contributed by atoms with Crippen LogP contribution in [0.15, 0.2) is 78.9 Å². The van der Waals surface area contributed by atoms with Crippen molar-refractivity contribution in [2.45, 2.75) is 32.9 Å². The Morgan fingerprint density at radius 3 is 2.47 bits per heavy atom. The summed E-state index contributed by atoms with van der Waals surface area (Å²) in [7, 11) is 1.41. The molecule has 0 amide bonds. The lowest BCUT2D eigenvalue weighted by Gasteiger charge is -2.09. The Balaban J connectivity index is 1.30. The summed E-state index contributed by atoms with van der Waals surface area (Å²) in [6, 6.07) is 26.5. The average Bonchev–Trinajstić information content (AvgIpc) is 3.26. The van der Waals surface area contributed by atoms with E-state index in [0.717, 1.165) is 33.3 Å². The number of ether oxygens (including phenoxy) is 2. The number of nitrogens with one attached hydrogen (secondary N) is 1. The van der Waals surface area contributed by atoms with Gasteiger partial charge in [0.05, 0.1) is 12.8 Å². The Morgan fingerprint density at radius 1 is 0.941 bits per heavy atom. The van der Waals surface area contributed by atoms with Gasteiger partial charge in [0.2, 0.25) is 0 Å². The Morgan fingerprint density at radius 2 is 1.71 bits per heavy atom. The maximum atomic E-state index is 11.3. The topological polar surface area (TPSA) is 60.5 Å². The summed E-state index contributed by atoms with van der Waals surface area (Å²) in [5.41, 5.74) is 5.54. The van der Waals surface area contributed by atoms with E-state index in [0.29, 0.717) is 26.0 Å². The van der Waals surface area contributed by atoms with Gasteiger partial charge in [-0.25, -0.2) is 4.98 Å². The zero-order valence-electron chi connectivity index (χ0n) is 19.4. The largest absolute Gasteiger partial charge is 0.489 e. The summed E-state index contributed by atoms with van der Waals surface area (Å²) in [6.07, 6.45) is 1.04. The number of hydrogen-bond donors (Lipinski definition) is 1. The predicted molar refractivity (Wildman–Crippen MR) is 137 cm³/mol. The maximum Gasteiger partial charge on any atom is 0.305 e. The van der Waals surface area contributed by atoms with Gasteiger partial charge in [0, 0.05) is 23.4 Å². The predicted octanol–water partition coefficient (Wildman–Crippen LogP) is 6.42. The number of nitrogens with zero attached hydrogens (tertiary/aromatic N) is 1. The normalized spacial score (nSPS) is 10.6. The third-order valence-electron chi connectivity index (χ3n) is 5.45. The third kappa shape index (κ3) is 6.45. The van der Waals surface area contributed by atoms with Crippen LogP contribution in [-0.2, 0) is 29.1 Å². The highest BCUT2D eigenvalue weighted by Gasteiger charge is 2.09. The van der Waals surface area contributed by atoms with Crippen LogP contribution in [0.3, 0.4) is 0 Å². The van der Waals surface area contributed by atoms with E-state index in [4.69, 9.17) is 9.72 Å². The van der Waals surface area contributed by atoms with Gasteiger partial charge < -0.3 is 14.8 Å². The minimum atomic E-state index is -0.198. The van der Waals surface area contributed by atoms with Crippen LogP contribution in [0.2, 0.25) is 0 Å². The van der Waals surface area contributed by atoms with Crippen LogP contribution in [0.1, 0.15) is 28.0 Å². The van der Waals surface area contributed by atoms with Crippen LogP contribution < -0.4 is 10.1 Å². The van der Waals surface area contributed by atoms with Crippen LogP contribution in [0.25, 0.3) is 11.3 Å². The van der Waals surface area contributed by atoms with E-state index in [-0.39, 0.29) is 5.97 Å². The molecule has 1 N–H and O–H groups in total. The molecule has 0 saturated heterocycles. The fraction of sp³-hybridized carbons (Fsp3) is 0.214. The zero-order chi connectivity index (χ0) is 23.8. The molecule has 0 spiro atoms. The van der Waals surface area contributed by atoms with Gasteiger partial charge in [0.15, 0.2) is 5.13 Å². The van der Waals surface area contributed by atoms with Crippen molar-refractivity contribution in [1.82, 2.24) is 4.98 Å². The first-order valence-electron chi connectivity index (χ1n) is 11.2. The quantitative estimate of drug-likeness (QED) is 0.270. The average molecular weight is 473 g/mol. The van der Waals surface area contributed by atoms with Gasteiger partial charge in [-0.1, -0.05) is 66.7 Å². The molecule has 174 valence electrons. The lowest BCUT2D eigenvalue weighted by molar-refractivity contribution is -0.140. The van der Waals surface area contributed by atoms with Crippen molar-refractivity contribution in [2.24, 2.45) is 0 Å². The highest BCUT2D eigenvalue weighted by Crippen LogP contribution is 2.30. The molecule has 6 heteroatoms. The van der Waals surface area contributed by atoms with Gasteiger partial charge in [-0.05, 0) is 42.2 Å². The number of rotatable bonds is 10. The number of aryl methyl sites for hydroxylation is 2. The smallest absolute Gasteiger partial charge is 0.305 e. The molecule has 3 aromatic carbocycles. The molecular weight excluding hydrogens is 444 g/mol. The Labute approximate surface area is 204 Å². The molecule has 34 heavy (non-hydrogen) atoms. The van der Waals surface area contributed by atoms with Gasteiger partial charge in [-0.15, -0.1) is 11.3 Å². The SMILES string of the molecule is COC(=O)CCc1ccc(OCc2cccc(CNc3nc(-c4ccccc4)c(C)s3)c2)cc1. The van der Waals surface area contributed by atoms with E-state index in [2.05, 4.69) is 47.3 Å². The van der Waals surface area contributed by atoms with Gasteiger partial charge in [0.1, 0.15) is 12.4 Å². The first kappa shape index (κ1) is 23.5. The number of hydrogen-bond acceptors (Lipinski definition) is 6. The lowest BCUT2D eigenvalue weighted by atomic mass is 10.1. The van der Waals surface area contributed by atoms with Crippen molar-refractivity contribution in [1.29, 1.82) is 0 Å².